The first kappa shape index (κ1) is 17.4. The number of likely N-dealkylation sites (tertiary alicyclic amines) is 1. The molecule has 2 fully saturated rings. The third-order valence-corrected chi connectivity index (χ3v) is 5.73. The van der Waals surface area contributed by atoms with Crippen LogP contribution in [0.4, 0.5) is 0 Å². The standard InChI is InChI=1S/C18H29N3O3/c1-13(2)21-9-14(7-19-21)16-10-20(8-15(16)11-22)17(23)18(12-24-3)5-4-6-18/h7,9,13,15-16,22H,4-6,8,10-12H2,1-3H3/t15-,16-/m0/s1. The van der Waals surface area contributed by atoms with Crippen molar-refractivity contribution in [3.8, 4) is 0 Å². The third kappa shape index (κ3) is 2.97. The lowest BCUT2D eigenvalue weighted by Gasteiger charge is -2.42. The third-order valence-electron chi connectivity index (χ3n) is 5.73. The summed E-state index contributed by atoms with van der Waals surface area (Å²) in [6.07, 6.45) is 6.86. The molecule has 3 rings (SSSR count). The highest BCUT2D eigenvalue weighted by molar-refractivity contribution is 5.84. The Kier molecular flexibility index (Phi) is 4.97. The highest BCUT2D eigenvalue weighted by Gasteiger charge is 2.49. The number of nitrogens with zero attached hydrogens (tertiary/aromatic N) is 3. The maximum atomic E-state index is 13.0. The van der Waals surface area contributed by atoms with Crippen LogP contribution in [0.5, 0.6) is 0 Å². The average Bonchev–Trinajstić information content (AvgIpc) is 3.16. The molecule has 1 aromatic rings. The van der Waals surface area contributed by atoms with Crippen molar-refractivity contribution >= 4 is 5.91 Å². The number of hydrogen-bond donors (Lipinski definition) is 1. The van der Waals surface area contributed by atoms with E-state index in [9.17, 15) is 9.90 Å². The Hall–Kier alpha value is -1.40. The number of rotatable bonds is 6. The highest BCUT2D eigenvalue weighted by Crippen LogP contribution is 2.44. The summed E-state index contributed by atoms with van der Waals surface area (Å²) >= 11 is 0. The molecule has 0 spiro atoms. The summed E-state index contributed by atoms with van der Waals surface area (Å²) in [7, 11) is 1.66. The lowest BCUT2D eigenvalue weighted by molar-refractivity contribution is -0.151. The topological polar surface area (TPSA) is 67.6 Å². The fourth-order valence-corrected chi connectivity index (χ4v) is 4.06. The maximum Gasteiger partial charge on any atom is 0.231 e. The van der Waals surface area contributed by atoms with Gasteiger partial charge in [0.05, 0.1) is 18.2 Å². The second-order valence-electron chi connectivity index (χ2n) is 7.67. The Balaban J connectivity index is 1.75. The number of carbonyl (C=O) groups is 1. The van der Waals surface area contributed by atoms with Gasteiger partial charge in [0.25, 0.3) is 0 Å². The molecular weight excluding hydrogens is 306 g/mol. The van der Waals surface area contributed by atoms with Crippen LogP contribution in [-0.4, -0.2) is 59.1 Å². The van der Waals surface area contributed by atoms with Crippen molar-refractivity contribution in [2.24, 2.45) is 11.3 Å². The van der Waals surface area contributed by atoms with Crippen molar-refractivity contribution in [3.63, 3.8) is 0 Å². The van der Waals surface area contributed by atoms with Gasteiger partial charge in [-0.3, -0.25) is 9.48 Å². The van der Waals surface area contributed by atoms with Crippen LogP contribution in [-0.2, 0) is 9.53 Å². The minimum Gasteiger partial charge on any atom is -0.396 e. The van der Waals surface area contributed by atoms with E-state index in [1.54, 1.807) is 7.11 Å². The second-order valence-corrected chi connectivity index (χ2v) is 7.67. The Morgan fingerprint density at radius 3 is 2.71 bits per heavy atom. The summed E-state index contributed by atoms with van der Waals surface area (Å²) in [6, 6.07) is 0.311. The van der Waals surface area contributed by atoms with Gasteiger partial charge in [-0.05, 0) is 32.3 Å². The molecular formula is C18H29N3O3. The molecule has 1 aliphatic carbocycles. The van der Waals surface area contributed by atoms with Crippen molar-refractivity contribution < 1.29 is 14.6 Å². The summed E-state index contributed by atoms with van der Waals surface area (Å²) in [6.45, 7) is 6.07. The first-order valence-corrected chi connectivity index (χ1v) is 8.94. The molecule has 1 N–H and O–H groups in total. The van der Waals surface area contributed by atoms with E-state index in [0.717, 1.165) is 24.8 Å². The lowest BCUT2D eigenvalue weighted by Crippen LogP contribution is -2.49. The van der Waals surface area contributed by atoms with Crippen LogP contribution in [0, 0.1) is 11.3 Å². The Labute approximate surface area is 143 Å². The fourth-order valence-electron chi connectivity index (χ4n) is 4.06. The first-order valence-electron chi connectivity index (χ1n) is 8.94. The van der Waals surface area contributed by atoms with Crippen LogP contribution < -0.4 is 0 Å². The molecule has 134 valence electrons. The molecule has 2 aliphatic rings. The van der Waals surface area contributed by atoms with Crippen molar-refractivity contribution in [1.82, 2.24) is 14.7 Å². The molecule has 24 heavy (non-hydrogen) atoms. The zero-order valence-electron chi connectivity index (χ0n) is 14.9. The van der Waals surface area contributed by atoms with Gasteiger partial charge in [0.15, 0.2) is 0 Å². The number of carbonyl (C=O) groups excluding carboxylic acids is 1. The molecule has 2 atom stereocenters. The largest absolute Gasteiger partial charge is 0.396 e. The number of aromatic nitrogens is 2. The van der Waals surface area contributed by atoms with Gasteiger partial charge in [0, 0.05) is 50.9 Å². The van der Waals surface area contributed by atoms with Crippen molar-refractivity contribution in [3.05, 3.63) is 18.0 Å². The van der Waals surface area contributed by atoms with Gasteiger partial charge in [-0.15, -0.1) is 0 Å². The Morgan fingerprint density at radius 1 is 1.46 bits per heavy atom. The summed E-state index contributed by atoms with van der Waals surface area (Å²) in [4.78, 5) is 15.0. The molecule has 6 nitrogen and oxygen atoms in total. The monoisotopic (exact) mass is 335 g/mol. The van der Waals surface area contributed by atoms with Gasteiger partial charge < -0.3 is 14.7 Å². The minimum absolute atomic E-state index is 0.0819. The lowest BCUT2D eigenvalue weighted by atomic mass is 9.68. The number of hydrogen-bond acceptors (Lipinski definition) is 4. The minimum atomic E-state index is -0.328. The summed E-state index contributed by atoms with van der Waals surface area (Å²) in [5, 5.41) is 14.2. The van der Waals surface area contributed by atoms with E-state index in [0.29, 0.717) is 25.7 Å². The molecule has 6 heteroatoms. The summed E-state index contributed by atoms with van der Waals surface area (Å²) < 4.78 is 7.25. The van der Waals surface area contributed by atoms with Gasteiger partial charge in [0.1, 0.15) is 0 Å². The second kappa shape index (κ2) is 6.84. The van der Waals surface area contributed by atoms with E-state index in [1.165, 1.54) is 0 Å². The van der Waals surface area contributed by atoms with E-state index >= 15 is 0 Å². The number of aliphatic hydroxyl groups is 1. The predicted molar refractivity (Wildman–Crippen MR) is 90.7 cm³/mol. The van der Waals surface area contributed by atoms with Gasteiger partial charge in [-0.25, -0.2) is 0 Å². The molecule has 1 aliphatic heterocycles. The van der Waals surface area contributed by atoms with E-state index in [2.05, 4.69) is 25.1 Å². The number of aliphatic hydroxyl groups excluding tert-OH is 1. The molecule has 2 heterocycles. The van der Waals surface area contributed by atoms with Gasteiger partial charge in [-0.1, -0.05) is 6.42 Å². The van der Waals surface area contributed by atoms with Crippen LogP contribution in [0.2, 0.25) is 0 Å². The average molecular weight is 335 g/mol. The number of ether oxygens (including phenoxy) is 1. The molecule has 0 radical (unpaired) electrons. The molecule has 0 aromatic carbocycles. The van der Waals surface area contributed by atoms with Crippen LogP contribution >= 0.6 is 0 Å². The molecule has 0 bridgehead atoms. The van der Waals surface area contributed by atoms with Crippen LogP contribution in [0.15, 0.2) is 12.4 Å². The van der Waals surface area contributed by atoms with Gasteiger partial charge >= 0.3 is 0 Å². The SMILES string of the molecule is COCC1(C(=O)N2C[C@@H](CO)[C@H](c3cnn(C(C)C)c3)C2)CCC1. The van der Waals surface area contributed by atoms with Crippen molar-refractivity contribution in [2.45, 2.75) is 45.1 Å². The van der Waals surface area contributed by atoms with E-state index < -0.39 is 0 Å². The van der Waals surface area contributed by atoms with Gasteiger partial charge in [0.2, 0.25) is 5.91 Å². The highest BCUT2D eigenvalue weighted by atomic mass is 16.5. The zero-order chi connectivity index (χ0) is 17.3. The van der Waals surface area contributed by atoms with Crippen LogP contribution in [0.3, 0.4) is 0 Å². The summed E-state index contributed by atoms with van der Waals surface area (Å²) in [5.41, 5.74) is 0.790. The van der Waals surface area contributed by atoms with E-state index in [1.807, 2.05) is 15.8 Å². The normalized spacial score (nSPS) is 26.0. The Bertz CT molecular complexity index is 580. The molecule has 1 saturated heterocycles. The predicted octanol–water partition coefficient (Wildman–Crippen LogP) is 1.81. The molecule has 1 amide bonds. The van der Waals surface area contributed by atoms with E-state index in [-0.39, 0.29) is 29.8 Å². The summed E-state index contributed by atoms with van der Waals surface area (Å²) in [5.74, 6) is 0.442. The van der Waals surface area contributed by atoms with Gasteiger partial charge in [-0.2, -0.15) is 5.10 Å². The number of amides is 1. The smallest absolute Gasteiger partial charge is 0.231 e. The number of methoxy groups -OCH3 is 1. The fraction of sp³-hybridized carbons (Fsp3) is 0.778. The van der Waals surface area contributed by atoms with Crippen molar-refractivity contribution in [1.29, 1.82) is 0 Å². The molecule has 0 unspecified atom stereocenters. The maximum absolute atomic E-state index is 13.0. The Morgan fingerprint density at radius 2 is 2.21 bits per heavy atom. The van der Waals surface area contributed by atoms with Crippen molar-refractivity contribution in [2.75, 3.05) is 33.4 Å². The molecule has 1 saturated carbocycles. The quantitative estimate of drug-likeness (QED) is 0.861. The zero-order valence-corrected chi connectivity index (χ0v) is 14.9. The van der Waals surface area contributed by atoms with E-state index in [4.69, 9.17) is 4.74 Å². The van der Waals surface area contributed by atoms with Crippen LogP contribution in [0.1, 0.15) is 50.6 Å². The molecule has 1 aromatic heterocycles. The first-order chi connectivity index (χ1) is 11.5. The van der Waals surface area contributed by atoms with Crippen LogP contribution in [0.25, 0.3) is 0 Å².